The lowest BCUT2D eigenvalue weighted by Crippen LogP contribution is -2.27. The molecule has 5 heteroatoms. The zero-order valence-electron chi connectivity index (χ0n) is 14.5. The van der Waals surface area contributed by atoms with E-state index in [1.54, 1.807) is 38.1 Å². The van der Waals surface area contributed by atoms with Gasteiger partial charge in [0.15, 0.2) is 0 Å². The summed E-state index contributed by atoms with van der Waals surface area (Å²) < 4.78 is 10.7. The number of hydrogen-bond donors (Lipinski definition) is 1. The second-order valence-electron chi connectivity index (χ2n) is 5.84. The molecule has 0 bridgehead atoms. The van der Waals surface area contributed by atoms with Crippen molar-refractivity contribution in [2.45, 2.75) is 33.0 Å². The standard InChI is InChI=1S/C20H23NO4/c1-15(2)25-19(22)12-13-21-20(23)17-8-10-18(11-9-17)24-14-16-6-4-3-5-7-16/h3-11,15H,12-14H2,1-2H3,(H,21,23). The zero-order valence-corrected chi connectivity index (χ0v) is 14.5. The Kier molecular flexibility index (Phi) is 7.01. The Morgan fingerprint density at radius 1 is 1.00 bits per heavy atom. The summed E-state index contributed by atoms with van der Waals surface area (Å²) in [6.07, 6.45) is 0.00831. The van der Waals surface area contributed by atoms with Crippen LogP contribution in [0.1, 0.15) is 36.2 Å². The van der Waals surface area contributed by atoms with Crippen molar-refractivity contribution in [3.05, 3.63) is 65.7 Å². The van der Waals surface area contributed by atoms with Crippen LogP contribution in [-0.4, -0.2) is 24.5 Å². The summed E-state index contributed by atoms with van der Waals surface area (Å²) in [5.41, 5.74) is 1.60. The molecule has 0 atom stereocenters. The van der Waals surface area contributed by atoms with Crippen LogP contribution in [0.4, 0.5) is 0 Å². The average Bonchev–Trinajstić information content (AvgIpc) is 2.60. The number of benzene rings is 2. The SMILES string of the molecule is CC(C)OC(=O)CCNC(=O)c1ccc(OCc2ccccc2)cc1. The van der Waals surface area contributed by atoms with Crippen molar-refractivity contribution < 1.29 is 19.1 Å². The number of esters is 1. The highest BCUT2D eigenvalue weighted by Crippen LogP contribution is 2.14. The fourth-order valence-corrected chi connectivity index (χ4v) is 2.15. The number of rotatable bonds is 8. The van der Waals surface area contributed by atoms with Gasteiger partial charge in [-0.2, -0.15) is 0 Å². The molecule has 0 saturated carbocycles. The first kappa shape index (κ1) is 18.5. The van der Waals surface area contributed by atoms with Crippen molar-refractivity contribution in [3.8, 4) is 5.75 Å². The second-order valence-corrected chi connectivity index (χ2v) is 5.84. The summed E-state index contributed by atoms with van der Waals surface area (Å²) in [6, 6.07) is 16.8. The van der Waals surface area contributed by atoms with Crippen molar-refractivity contribution in [1.82, 2.24) is 5.32 Å². The first-order valence-electron chi connectivity index (χ1n) is 8.29. The number of carbonyl (C=O) groups excluding carboxylic acids is 2. The smallest absolute Gasteiger partial charge is 0.307 e. The maximum absolute atomic E-state index is 12.0. The average molecular weight is 341 g/mol. The molecule has 132 valence electrons. The normalized spacial score (nSPS) is 10.4. The first-order valence-corrected chi connectivity index (χ1v) is 8.29. The van der Waals surface area contributed by atoms with Gasteiger partial charge >= 0.3 is 5.97 Å². The summed E-state index contributed by atoms with van der Waals surface area (Å²) >= 11 is 0. The van der Waals surface area contributed by atoms with Crippen LogP contribution in [0, 0.1) is 0 Å². The molecule has 0 radical (unpaired) electrons. The van der Waals surface area contributed by atoms with E-state index in [-0.39, 0.29) is 30.9 Å². The molecule has 0 aliphatic carbocycles. The Labute approximate surface area is 148 Å². The third-order valence-corrected chi connectivity index (χ3v) is 3.35. The van der Waals surface area contributed by atoms with Crippen molar-refractivity contribution in [1.29, 1.82) is 0 Å². The molecule has 0 spiro atoms. The molecule has 25 heavy (non-hydrogen) atoms. The highest BCUT2D eigenvalue weighted by Gasteiger charge is 2.08. The summed E-state index contributed by atoms with van der Waals surface area (Å²) in [5, 5.41) is 2.70. The third-order valence-electron chi connectivity index (χ3n) is 3.35. The number of nitrogens with one attached hydrogen (secondary N) is 1. The van der Waals surface area contributed by atoms with E-state index in [9.17, 15) is 9.59 Å². The van der Waals surface area contributed by atoms with Crippen molar-refractivity contribution >= 4 is 11.9 Å². The largest absolute Gasteiger partial charge is 0.489 e. The van der Waals surface area contributed by atoms with E-state index in [0.717, 1.165) is 5.56 Å². The van der Waals surface area contributed by atoms with Gasteiger partial charge in [0.1, 0.15) is 12.4 Å². The molecule has 5 nitrogen and oxygen atoms in total. The highest BCUT2D eigenvalue weighted by molar-refractivity contribution is 5.94. The van der Waals surface area contributed by atoms with Crippen LogP contribution < -0.4 is 10.1 Å². The lowest BCUT2D eigenvalue weighted by Gasteiger charge is -2.09. The van der Waals surface area contributed by atoms with Gasteiger partial charge in [0.05, 0.1) is 12.5 Å². The maximum atomic E-state index is 12.0. The lowest BCUT2D eigenvalue weighted by molar-refractivity contribution is -0.147. The molecule has 0 aliphatic heterocycles. The molecule has 0 saturated heterocycles. The molecule has 0 aliphatic rings. The number of hydrogen-bond acceptors (Lipinski definition) is 4. The molecule has 2 aromatic carbocycles. The van der Waals surface area contributed by atoms with E-state index in [4.69, 9.17) is 9.47 Å². The predicted molar refractivity (Wildman–Crippen MR) is 95.4 cm³/mol. The highest BCUT2D eigenvalue weighted by atomic mass is 16.5. The molecule has 1 amide bonds. The molecule has 0 fully saturated rings. The van der Waals surface area contributed by atoms with Gasteiger partial charge in [0.2, 0.25) is 0 Å². The molecule has 1 N–H and O–H groups in total. The second kappa shape index (κ2) is 9.47. The van der Waals surface area contributed by atoms with Gasteiger partial charge in [-0.05, 0) is 43.7 Å². The summed E-state index contributed by atoms with van der Waals surface area (Å²) in [5.74, 6) is 0.146. The van der Waals surface area contributed by atoms with Gasteiger partial charge in [-0.15, -0.1) is 0 Å². The Balaban J connectivity index is 1.77. The van der Waals surface area contributed by atoms with Gasteiger partial charge < -0.3 is 14.8 Å². The fourth-order valence-electron chi connectivity index (χ4n) is 2.15. The molecule has 2 aromatic rings. The van der Waals surface area contributed by atoms with Gasteiger partial charge in [0, 0.05) is 12.1 Å². The van der Waals surface area contributed by atoms with Crippen molar-refractivity contribution in [2.24, 2.45) is 0 Å². The number of carbonyl (C=O) groups is 2. The Hall–Kier alpha value is -2.82. The maximum Gasteiger partial charge on any atom is 0.307 e. The first-order chi connectivity index (χ1) is 12.0. The fraction of sp³-hybridized carbons (Fsp3) is 0.300. The summed E-state index contributed by atoms with van der Waals surface area (Å²) in [7, 11) is 0. The molecule has 2 rings (SSSR count). The Bertz CT molecular complexity index is 681. The van der Waals surface area contributed by atoms with E-state index in [1.807, 2.05) is 30.3 Å². The van der Waals surface area contributed by atoms with Crippen LogP contribution in [0.5, 0.6) is 5.75 Å². The van der Waals surface area contributed by atoms with E-state index >= 15 is 0 Å². The Morgan fingerprint density at radius 2 is 1.68 bits per heavy atom. The Morgan fingerprint density at radius 3 is 2.32 bits per heavy atom. The third kappa shape index (κ3) is 6.67. The van der Waals surface area contributed by atoms with Crippen LogP contribution in [0.15, 0.2) is 54.6 Å². The molecule has 0 unspecified atom stereocenters. The molecular formula is C20H23NO4. The monoisotopic (exact) mass is 341 g/mol. The molecule has 0 heterocycles. The minimum Gasteiger partial charge on any atom is -0.489 e. The van der Waals surface area contributed by atoms with Crippen LogP contribution in [-0.2, 0) is 16.1 Å². The minimum atomic E-state index is -0.319. The topological polar surface area (TPSA) is 64.6 Å². The van der Waals surface area contributed by atoms with E-state index in [2.05, 4.69) is 5.32 Å². The molecular weight excluding hydrogens is 318 g/mol. The quantitative estimate of drug-likeness (QED) is 0.748. The zero-order chi connectivity index (χ0) is 18.1. The van der Waals surface area contributed by atoms with Crippen LogP contribution in [0.25, 0.3) is 0 Å². The molecule has 0 aromatic heterocycles. The van der Waals surface area contributed by atoms with Crippen molar-refractivity contribution in [2.75, 3.05) is 6.54 Å². The van der Waals surface area contributed by atoms with Crippen molar-refractivity contribution in [3.63, 3.8) is 0 Å². The lowest BCUT2D eigenvalue weighted by atomic mass is 10.2. The number of ether oxygens (including phenoxy) is 2. The van der Waals surface area contributed by atoms with Gasteiger partial charge in [-0.25, -0.2) is 0 Å². The number of amides is 1. The van der Waals surface area contributed by atoms with Gasteiger partial charge in [-0.1, -0.05) is 30.3 Å². The predicted octanol–water partition coefficient (Wildman–Crippen LogP) is 3.34. The van der Waals surface area contributed by atoms with Crippen LogP contribution >= 0.6 is 0 Å². The van der Waals surface area contributed by atoms with Crippen LogP contribution in [0.2, 0.25) is 0 Å². The van der Waals surface area contributed by atoms with Gasteiger partial charge in [-0.3, -0.25) is 9.59 Å². The van der Waals surface area contributed by atoms with Crippen LogP contribution in [0.3, 0.4) is 0 Å². The van der Waals surface area contributed by atoms with E-state index in [1.165, 1.54) is 0 Å². The summed E-state index contributed by atoms with van der Waals surface area (Å²) in [6.45, 7) is 4.30. The minimum absolute atomic E-state index is 0.147. The van der Waals surface area contributed by atoms with E-state index in [0.29, 0.717) is 17.9 Å². The van der Waals surface area contributed by atoms with E-state index < -0.39 is 0 Å². The summed E-state index contributed by atoms with van der Waals surface area (Å²) in [4.78, 5) is 23.4. The van der Waals surface area contributed by atoms with Gasteiger partial charge in [0.25, 0.3) is 5.91 Å².